The van der Waals surface area contributed by atoms with Gasteiger partial charge in [0.2, 0.25) is 0 Å². The summed E-state index contributed by atoms with van der Waals surface area (Å²) in [5.41, 5.74) is 0. The first kappa shape index (κ1) is 8.19. The third-order valence-corrected chi connectivity index (χ3v) is 2.85. The van der Waals surface area contributed by atoms with E-state index in [4.69, 9.17) is 0 Å². The molecule has 0 aromatic carbocycles. The molecular weight excluding hydrogens is 140 g/mol. The van der Waals surface area contributed by atoms with Crippen molar-refractivity contribution < 1.29 is 0 Å². The predicted octanol–water partition coefficient (Wildman–Crippen LogP) is 3.26. The van der Waals surface area contributed by atoms with E-state index in [0.717, 1.165) is 10.8 Å². The van der Waals surface area contributed by atoms with Crippen LogP contribution in [0.4, 0.5) is 0 Å². The summed E-state index contributed by atoms with van der Waals surface area (Å²) in [5, 5.41) is 0. The Morgan fingerprint density at radius 2 is 1.80 bits per heavy atom. The molecule has 0 aromatic heterocycles. The molecule has 58 valence electrons. The molecule has 1 fully saturated rings. The van der Waals surface area contributed by atoms with E-state index in [1.54, 1.807) is 0 Å². The number of rotatable bonds is 1. The van der Waals surface area contributed by atoms with Gasteiger partial charge in [0.15, 0.2) is 0 Å². The van der Waals surface area contributed by atoms with Gasteiger partial charge in [-0.2, -0.15) is 0 Å². The molecule has 0 radical (unpaired) electrons. The van der Waals surface area contributed by atoms with Crippen molar-refractivity contribution >= 4 is 12.6 Å². The normalized spacial score (nSPS) is 33.8. The summed E-state index contributed by atoms with van der Waals surface area (Å²) in [5.74, 6) is 1.64. The quantitative estimate of drug-likeness (QED) is 0.553. The Morgan fingerprint density at radius 3 is 2.20 bits per heavy atom. The van der Waals surface area contributed by atoms with Crippen molar-refractivity contribution in [3.63, 3.8) is 0 Å². The van der Waals surface area contributed by atoms with Gasteiger partial charge in [0.05, 0.1) is 0 Å². The van der Waals surface area contributed by atoms with Crippen molar-refractivity contribution in [1.29, 1.82) is 0 Å². The largest absolute Gasteiger partial charge is 0.148 e. The van der Waals surface area contributed by atoms with E-state index < -0.39 is 0 Å². The molecule has 1 saturated carbocycles. The van der Waals surface area contributed by atoms with Gasteiger partial charge in [-0.15, -0.1) is 12.6 Å². The van der Waals surface area contributed by atoms with Crippen LogP contribution in [0.15, 0.2) is 11.5 Å². The van der Waals surface area contributed by atoms with Gasteiger partial charge >= 0.3 is 0 Å². The second kappa shape index (κ2) is 3.47. The average molecular weight is 156 g/mol. The molecule has 0 aromatic rings. The molecule has 10 heavy (non-hydrogen) atoms. The standard InChI is InChI=1S/C9H16S/c1-7-3-5-9(6-4-7)8(2)10/h7,9-10H,2-6H2,1H3. The molecule has 1 aliphatic carbocycles. The van der Waals surface area contributed by atoms with Crippen LogP contribution in [0, 0.1) is 11.8 Å². The molecule has 1 heteroatoms. The van der Waals surface area contributed by atoms with E-state index in [2.05, 4.69) is 26.1 Å². The lowest BCUT2D eigenvalue weighted by Crippen LogP contribution is -2.11. The molecule has 1 rings (SSSR count). The van der Waals surface area contributed by atoms with Crippen LogP contribution in [0.25, 0.3) is 0 Å². The van der Waals surface area contributed by atoms with Gasteiger partial charge < -0.3 is 0 Å². The van der Waals surface area contributed by atoms with Crippen LogP contribution < -0.4 is 0 Å². The summed E-state index contributed by atoms with van der Waals surface area (Å²) in [6, 6.07) is 0. The number of thiol groups is 1. The molecule has 0 bridgehead atoms. The third-order valence-electron chi connectivity index (χ3n) is 2.49. The van der Waals surface area contributed by atoms with E-state index in [1.165, 1.54) is 25.7 Å². The zero-order chi connectivity index (χ0) is 7.56. The van der Waals surface area contributed by atoms with Crippen LogP contribution in [0.1, 0.15) is 32.6 Å². The lowest BCUT2D eigenvalue weighted by molar-refractivity contribution is 0.328. The third kappa shape index (κ3) is 2.05. The number of hydrogen-bond acceptors (Lipinski definition) is 1. The Labute approximate surface area is 69.1 Å². The van der Waals surface area contributed by atoms with Gasteiger partial charge in [0.25, 0.3) is 0 Å². The lowest BCUT2D eigenvalue weighted by Gasteiger charge is -2.25. The van der Waals surface area contributed by atoms with E-state index in [0.29, 0.717) is 5.92 Å². The first-order chi connectivity index (χ1) is 4.70. The molecule has 0 saturated heterocycles. The maximum atomic E-state index is 4.28. The minimum atomic E-state index is 0.708. The van der Waals surface area contributed by atoms with Crippen LogP contribution in [-0.2, 0) is 0 Å². The maximum Gasteiger partial charge on any atom is -0.0110 e. The fraction of sp³-hybridized carbons (Fsp3) is 0.778. The zero-order valence-electron chi connectivity index (χ0n) is 6.64. The fourth-order valence-electron chi connectivity index (χ4n) is 1.59. The van der Waals surface area contributed by atoms with Gasteiger partial charge in [-0.1, -0.05) is 26.3 Å². The Kier molecular flexibility index (Phi) is 2.84. The van der Waals surface area contributed by atoms with E-state index in [-0.39, 0.29) is 0 Å². The fourth-order valence-corrected chi connectivity index (χ4v) is 1.85. The second-order valence-electron chi connectivity index (χ2n) is 3.45. The first-order valence-electron chi connectivity index (χ1n) is 4.08. The lowest BCUT2D eigenvalue weighted by atomic mass is 9.83. The number of allylic oxidation sites excluding steroid dienone is 1. The van der Waals surface area contributed by atoms with Gasteiger partial charge in [-0.3, -0.25) is 0 Å². The Morgan fingerprint density at radius 1 is 1.30 bits per heavy atom. The van der Waals surface area contributed by atoms with Crippen molar-refractivity contribution in [2.75, 3.05) is 0 Å². The summed E-state index contributed by atoms with van der Waals surface area (Å²) in [6.45, 7) is 6.20. The highest BCUT2D eigenvalue weighted by molar-refractivity contribution is 7.84. The van der Waals surface area contributed by atoms with Crippen molar-refractivity contribution in [1.82, 2.24) is 0 Å². The predicted molar refractivity (Wildman–Crippen MR) is 49.2 cm³/mol. The average Bonchev–Trinajstić information content (AvgIpc) is 1.88. The first-order valence-corrected chi connectivity index (χ1v) is 4.52. The highest BCUT2D eigenvalue weighted by Gasteiger charge is 2.18. The summed E-state index contributed by atoms with van der Waals surface area (Å²) < 4.78 is 0. The van der Waals surface area contributed by atoms with Crippen LogP contribution in [0.5, 0.6) is 0 Å². The molecule has 0 N–H and O–H groups in total. The second-order valence-corrected chi connectivity index (χ2v) is 4.02. The summed E-state index contributed by atoms with van der Waals surface area (Å²) in [4.78, 5) is 1.09. The molecule has 0 spiro atoms. The van der Waals surface area contributed by atoms with E-state index >= 15 is 0 Å². The highest BCUT2D eigenvalue weighted by atomic mass is 32.1. The van der Waals surface area contributed by atoms with Crippen LogP contribution in [-0.4, -0.2) is 0 Å². The van der Waals surface area contributed by atoms with Crippen molar-refractivity contribution in [3.05, 3.63) is 11.5 Å². The van der Waals surface area contributed by atoms with Crippen LogP contribution >= 0.6 is 12.6 Å². The van der Waals surface area contributed by atoms with Crippen LogP contribution in [0.3, 0.4) is 0 Å². The Balaban J connectivity index is 2.33. The van der Waals surface area contributed by atoms with E-state index in [1.807, 2.05) is 0 Å². The molecule has 0 aliphatic heterocycles. The van der Waals surface area contributed by atoms with Crippen molar-refractivity contribution in [2.24, 2.45) is 11.8 Å². The van der Waals surface area contributed by atoms with Crippen LogP contribution in [0.2, 0.25) is 0 Å². The smallest absolute Gasteiger partial charge is 0.0110 e. The summed E-state index contributed by atoms with van der Waals surface area (Å²) in [6.07, 6.45) is 5.35. The molecule has 0 nitrogen and oxygen atoms in total. The Hall–Kier alpha value is 0.0900. The SMILES string of the molecule is C=C(S)C1CCC(C)CC1. The van der Waals surface area contributed by atoms with E-state index in [9.17, 15) is 0 Å². The molecule has 0 atom stereocenters. The van der Waals surface area contributed by atoms with Crippen molar-refractivity contribution in [2.45, 2.75) is 32.6 Å². The Bertz CT molecular complexity index is 121. The molecule has 1 aliphatic rings. The highest BCUT2D eigenvalue weighted by Crippen LogP contribution is 2.33. The van der Waals surface area contributed by atoms with Gasteiger partial charge in [-0.25, -0.2) is 0 Å². The van der Waals surface area contributed by atoms with Gasteiger partial charge in [0, 0.05) is 0 Å². The minimum absolute atomic E-state index is 0.708. The maximum absolute atomic E-state index is 4.28. The molecule has 0 heterocycles. The molecule has 0 amide bonds. The summed E-state index contributed by atoms with van der Waals surface area (Å²) >= 11 is 4.28. The van der Waals surface area contributed by atoms with Gasteiger partial charge in [-0.05, 0) is 29.6 Å². The zero-order valence-corrected chi connectivity index (χ0v) is 7.53. The molecular formula is C9H16S. The molecule has 0 unspecified atom stereocenters. The monoisotopic (exact) mass is 156 g/mol. The minimum Gasteiger partial charge on any atom is -0.148 e. The van der Waals surface area contributed by atoms with Crippen molar-refractivity contribution in [3.8, 4) is 0 Å². The summed E-state index contributed by atoms with van der Waals surface area (Å²) in [7, 11) is 0. The topological polar surface area (TPSA) is 0 Å². The number of hydrogen-bond donors (Lipinski definition) is 1. The van der Waals surface area contributed by atoms with Gasteiger partial charge in [0.1, 0.15) is 0 Å².